The van der Waals surface area contributed by atoms with Gasteiger partial charge in [-0.15, -0.1) is 0 Å². The SMILES string of the molecule is NNC(=O)NN1C(=O)c2cc(S(=O)(=O)O)cc3c(N)c(S(=O)(=O)O)cc(c23)C1=O.[K+]. The molecule has 0 aliphatic carbocycles. The maximum atomic E-state index is 12.7. The summed E-state index contributed by atoms with van der Waals surface area (Å²) >= 11 is 0. The number of carbonyl (C=O) groups excluding carboxylic acids is 3. The topological polar surface area (TPSA) is 239 Å². The number of amides is 4. The Hall–Kier alpha value is -1.67. The molecule has 1 aliphatic rings. The van der Waals surface area contributed by atoms with Crippen LogP contribution in [0.4, 0.5) is 10.5 Å². The van der Waals surface area contributed by atoms with Crippen molar-refractivity contribution in [2.75, 3.05) is 5.73 Å². The van der Waals surface area contributed by atoms with Crippen molar-refractivity contribution in [3.63, 3.8) is 0 Å². The Bertz CT molecular complexity index is 1320. The number of hydrogen-bond donors (Lipinski definition) is 6. The third kappa shape index (κ3) is 4.08. The number of nitrogen functional groups attached to an aromatic ring is 1. The van der Waals surface area contributed by atoms with Crippen LogP contribution in [0.3, 0.4) is 0 Å². The number of nitrogens with zero attached hydrogens (tertiary/aromatic N) is 1. The van der Waals surface area contributed by atoms with Gasteiger partial charge in [0, 0.05) is 10.8 Å². The molecule has 0 fully saturated rings. The first-order chi connectivity index (χ1) is 13.3. The fourth-order valence-corrected chi connectivity index (χ4v) is 3.99. The third-order valence-electron chi connectivity index (χ3n) is 4.00. The van der Waals surface area contributed by atoms with Gasteiger partial charge in [-0.05, 0) is 18.2 Å². The molecule has 0 bridgehead atoms. The number of urea groups is 1. The predicted molar refractivity (Wildman–Crippen MR) is 94.3 cm³/mol. The second-order valence-corrected chi connectivity index (χ2v) is 8.52. The van der Waals surface area contributed by atoms with E-state index in [0.717, 1.165) is 6.07 Å². The molecule has 4 amide bonds. The predicted octanol–water partition coefficient (Wildman–Crippen LogP) is -4.40. The molecular formula is C13H11KN5O9S2+. The summed E-state index contributed by atoms with van der Waals surface area (Å²) in [6, 6.07) is 0.894. The molecule has 3 rings (SSSR count). The number of hydrazine groups is 2. The van der Waals surface area contributed by atoms with Gasteiger partial charge in [0.05, 0.1) is 21.7 Å². The first-order valence-electron chi connectivity index (χ1n) is 7.28. The van der Waals surface area contributed by atoms with Gasteiger partial charge in [-0.25, -0.2) is 16.1 Å². The van der Waals surface area contributed by atoms with Crippen LogP contribution >= 0.6 is 0 Å². The van der Waals surface area contributed by atoms with E-state index in [-0.39, 0.29) is 61.8 Å². The fraction of sp³-hybridized carbons (Fsp3) is 0. The fourth-order valence-electron chi connectivity index (χ4n) is 2.80. The van der Waals surface area contributed by atoms with Crippen molar-refractivity contribution in [2.24, 2.45) is 5.84 Å². The molecular weight excluding hydrogens is 473 g/mol. The first-order valence-corrected chi connectivity index (χ1v) is 10.2. The molecule has 1 heterocycles. The Labute approximate surface area is 210 Å². The third-order valence-corrected chi connectivity index (χ3v) is 5.72. The molecule has 1 aliphatic heterocycles. The van der Waals surface area contributed by atoms with Crippen LogP contribution in [0, 0.1) is 0 Å². The minimum Gasteiger partial charge on any atom is -0.397 e. The zero-order valence-electron chi connectivity index (χ0n) is 14.9. The first kappa shape index (κ1) is 24.6. The van der Waals surface area contributed by atoms with E-state index in [0.29, 0.717) is 12.1 Å². The summed E-state index contributed by atoms with van der Waals surface area (Å²) in [6.07, 6.45) is 0. The summed E-state index contributed by atoms with van der Waals surface area (Å²) in [5.74, 6) is 2.44. The Morgan fingerprint density at radius 3 is 1.97 bits per heavy atom. The molecule has 0 saturated carbocycles. The Morgan fingerprint density at radius 2 is 1.50 bits per heavy atom. The number of anilines is 1. The molecule has 2 aromatic carbocycles. The molecule has 0 unspecified atom stereocenters. The normalized spacial score (nSPS) is 13.8. The molecule has 0 aromatic heterocycles. The summed E-state index contributed by atoms with van der Waals surface area (Å²) in [6.45, 7) is 0. The second kappa shape index (κ2) is 8.11. The molecule has 154 valence electrons. The van der Waals surface area contributed by atoms with Gasteiger partial charge >= 0.3 is 57.4 Å². The monoisotopic (exact) mass is 484 g/mol. The average Bonchev–Trinajstić information content (AvgIpc) is 2.61. The van der Waals surface area contributed by atoms with Crippen molar-refractivity contribution in [1.29, 1.82) is 0 Å². The van der Waals surface area contributed by atoms with Gasteiger partial charge in [0.2, 0.25) is 0 Å². The van der Waals surface area contributed by atoms with Crippen LogP contribution in [-0.2, 0) is 20.2 Å². The van der Waals surface area contributed by atoms with E-state index in [1.54, 1.807) is 10.9 Å². The van der Waals surface area contributed by atoms with Crippen LogP contribution < -0.4 is 73.8 Å². The van der Waals surface area contributed by atoms with Gasteiger partial charge in [0.1, 0.15) is 4.90 Å². The van der Waals surface area contributed by atoms with E-state index >= 15 is 0 Å². The largest absolute Gasteiger partial charge is 1.00 e. The van der Waals surface area contributed by atoms with Crippen molar-refractivity contribution in [1.82, 2.24) is 15.9 Å². The molecule has 0 spiro atoms. The maximum Gasteiger partial charge on any atom is 1.00 e. The zero-order chi connectivity index (χ0) is 21.9. The minimum absolute atomic E-state index is 0. The molecule has 0 radical (unpaired) electrons. The number of hydrogen-bond acceptors (Lipinski definition) is 9. The zero-order valence-corrected chi connectivity index (χ0v) is 19.7. The van der Waals surface area contributed by atoms with Gasteiger partial charge in [-0.2, -0.15) is 21.8 Å². The van der Waals surface area contributed by atoms with E-state index in [2.05, 4.69) is 0 Å². The summed E-state index contributed by atoms with van der Waals surface area (Å²) in [5, 5.41) is -0.523. The summed E-state index contributed by atoms with van der Waals surface area (Å²) in [4.78, 5) is 35.0. The van der Waals surface area contributed by atoms with Crippen LogP contribution in [0.5, 0.6) is 0 Å². The Kier molecular flexibility index (Phi) is 6.65. The minimum atomic E-state index is -4.99. The van der Waals surface area contributed by atoms with Gasteiger partial charge in [-0.1, -0.05) is 0 Å². The van der Waals surface area contributed by atoms with Crippen molar-refractivity contribution in [3.05, 3.63) is 29.3 Å². The quantitative estimate of drug-likeness (QED) is 0.0462. The summed E-state index contributed by atoms with van der Waals surface area (Å²) in [5.41, 5.74) is 7.42. The smallest absolute Gasteiger partial charge is 0.397 e. The molecule has 14 nitrogen and oxygen atoms in total. The van der Waals surface area contributed by atoms with Gasteiger partial charge < -0.3 is 5.73 Å². The van der Waals surface area contributed by atoms with Crippen molar-refractivity contribution >= 4 is 54.5 Å². The summed E-state index contributed by atoms with van der Waals surface area (Å²) < 4.78 is 65.2. The van der Waals surface area contributed by atoms with Crippen LogP contribution in [0.25, 0.3) is 10.8 Å². The number of rotatable bonds is 3. The number of nitrogens with one attached hydrogen (secondary N) is 2. The molecule has 17 heteroatoms. The van der Waals surface area contributed by atoms with Crippen molar-refractivity contribution < 1.29 is 91.7 Å². The van der Waals surface area contributed by atoms with E-state index in [4.69, 9.17) is 11.6 Å². The van der Waals surface area contributed by atoms with Crippen molar-refractivity contribution in [2.45, 2.75) is 9.79 Å². The van der Waals surface area contributed by atoms with E-state index in [1.165, 1.54) is 0 Å². The average molecular weight is 484 g/mol. The van der Waals surface area contributed by atoms with Gasteiger partial charge in [0.15, 0.2) is 0 Å². The Morgan fingerprint density at radius 1 is 0.967 bits per heavy atom. The second-order valence-electron chi connectivity index (χ2n) is 5.71. The molecule has 2 aromatic rings. The number of imide groups is 1. The Balaban J connectivity index is 0.00000320. The maximum absolute atomic E-state index is 12.7. The van der Waals surface area contributed by atoms with Crippen LogP contribution in [-0.4, -0.2) is 48.8 Å². The standard InChI is InChI=1S/C13H11N5O9S2.K/c14-10-5-1-4(28(22,23)24)2-6-9(5)7(3-8(10)29(25,26)27)12(20)18(11(6)19)17-13(21)16-15;/h1-3H,14-15H2,(H2,16,17,21)(H,22,23,24)(H,25,26,27);/q;+1. The van der Waals surface area contributed by atoms with Crippen LogP contribution in [0.1, 0.15) is 20.7 Å². The number of carbonyl (C=O) groups is 3. The van der Waals surface area contributed by atoms with E-state index < -0.39 is 70.1 Å². The van der Waals surface area contributed by atoms with E-state index in [9.17, 15) is 40.3 Å². The van der Waals surface area contributed by atoms with Gasteiger partial charge in [0.25, 0.3) is 32.1 Å². The van der Waals surface area contributed by atoms with E-state index in [1.807, 2.05) is 0 Å². The summed E-state index contributed by atoms with van der Waals surface area (Å²) in [7, 11) is -9.89. The number of nitrogens with two attached hydrogens (primary N) is 2. The molecule has 30 heavy (non-hydrogen) atoms. The molecule has 0 saturated heterocycles. The molecule has 8 N–H and O–H groups in total. The van der Waals surface area contributed by atoms with Gasteiger partial charge in [-0.3, -0.25) is 24.1 Å². The van der Waals surface area contributed by atoms with Crippen LogP contribution in [0.2, 0.25) is 0 Å². The number of benzene rings is 2. The molecule has 0 atom stereocenters. The van der Waals surface area contributed by atoms with Crippen LogP contribution in [0.15, 0.2) is 28.0 Å². The van der Waals surface area contributed by atoms with Crippen molar-refractivity contribution in [3.8, 4) is 0 Å².